The summed E-state index contributed by atoms with van der Waals surface area (Å²) in [5.74, 6) is -0.649. The van der Waals surface area contributed by atoms with Crippen LogP contribution in [0.1, 0.15) is 22.8 Å². The molecule has 0 bridgehead atoms. The Morgan fingerprint density at radius 1 is 0.900 bits per heavy atom. The third kappa shape index (κ3) is 3.75. The maximum absolute atomic E-state index is 12.6. The Morgan fingerprint density at radius 2 is 1.53 bits per heavy atom. The maximum atomic E-state index is 12.6. The molecule has 1 aliphatic carbocycles. The van der Waals surface area contributed by atoms with Gasteiger partial charge in [-0.2, -0.15) is 4.72 Å². The van der Waals surface area contributed by atoms with Crippen LogP contribution in [0.15, 0.2) is 71.6 Å². The summed E-state index contributed by atoms with van der Waals surface area (Å²) in [6, 6.07) is 17.0. The van der Waals surface area contributed by atoms with E-state index in [2.05, 4.69) is 10.0 Å². The number of rotatable bonds is 5. The number of carbonyl (C=O) groups is 2. The summed E-state index contributed by atoms with van der Waals surface area (Å²) in [4.78, 5) is 25.2. The zero-order valence-electron chi connectivity index (χ0n) is 15.8. The average molecular weight is 441 g/mol. The first-order valence-electron chi connectivity index (χ1n) is 9.13. The molecule has 0 aromatic heterocycles. The van der Waals surface area contributed by atoms with Gasteiger partial charge >= 0.3 is 0 Å². The largest absolute Gasteiger partial charge is 0.325 e. The van der Waals surface area contributed by atoms with Crippen LogP contribution in [0.2, 0.25) is 5.02 Å². The van der Waals surface area contributed by atoms with E-state index in [0.29, 0.717) is 21.8 Å². The fourth-order valence-electron chi connectivity index (χ4n) is 3.32. The van der Waals surface area contributed by atoms with Crippen molar-refractivity contribution in [2.75, 3.05) is 5.32 Å². The van der Waals surface area contributed by atoms with Crippen molar-refractivity contribution in [3.63, 3.8) is 0 Å². The van der Waals surface area contributed by atoms with E-state index < -0.39 is 22.0 Å². The molecule has 1 unspecified atom stereocenters. The molecule has 6 nitrogen and oxygen atoms in total. The van der Waals surface area contributed by atoms with Crippen molar-refractivity contribution in [2.24, 2.45) is 0 Å². The molecule has 3 aromatic carbocycles. The van der Waals surface area contributed by atoms with Crippen molar-refractivity contribution in [1.29, 1.82) is 0 Å². The van der Waals surface area contributed by atoms with Crippen LogP contribution in [0.5, 0.6) is 0 Å². The molecular formula is C22H17ClN2O4S. The number of halogens is 1. The molecule has 1 aliphatic rings. The van der Waals surface area contributed by atoms with Crippen LogP contribution in [0, 0.1) is 0 Å². The normalized spacial score (nSPS) is 13.5. The van der Waals surface area contributed by atoms with E-state index in [1.165, 1.54) is 31.2 Å². The molecule has 152 valence electrons. The van der Waals surface area contributed by atoms with Gasteiger partial charge in [0.15, 0.2) is 5.78 Å². The summed E-state index contributed by atoms with van der Waals surface area (Å²) in [5.41, 5.74) is 3.21. The molecule has 0 fully saturated rings. The molecule has 1 amide bonds. The lowest BCUT2D eigenvalue weighted by Gasteiger charge is -2.15. The van der Waals surface area contributed by atoms with Crippen LogP contribution < -0.4 is 10.0 Å². The van der Waals surface area contributed by atoms with Crippen molar-refractivity contribution in [3.05, 3.63) is 82.9 Å². The molecule has 0 saturated heterocycles. The highest BCUT2D eigenvalue weighted by Crippen LogP contribution is 2.37. The summed E-state index contributed by atoms with van der Waals surface area (Å²) in [6.45, 7) is 1.44. The van der Waals surface area contributed by atoms with Crippen LogP contribution in [-0.2, 0) is 14.8 Å². The van der Waals surface area contributed by atoms with Crippen LogP contribution >= 0.6 is 11.6 Å². The molecule has 0 heterocycles. The molecule has 2 N–H and O–H groups in total. The Bertz CT molecular complexity index is 1270. The van der Waals surface area contributed by atoms with Gasteiger partial charge in [0.2, 0.25) is 15.9 Å². The van der Waals surface area contributed by atoms with Crippen molar-refractivity contribution in [3.8, 4) is 11.1 Å². The van der Waals surface area contributed by atoms with Gasteiger partial charge < -0.3 is 5.32 Å². The molecule has 30 heavy (non-hydrogen) atoms. The summed E-state index contributed by atoms with van der Waals surface area (Å²) in [7, 11) is -3.89. The number of anilines is 1. The smallest absolute Gasteiger partial charge is 0.242 e. The van der Waals surface area contributed by atoms with Gasteiger partial charge in [0.1, 0.15) is 0 Å². The summed E-state index contributed by atoms with van der Waals surface area (Å²) < 4.78 is 27.2. The lowest BCUT2D eigenvalue weighted by atomic mass is 10.1. The van der Waals surface area contributed by atoms with E-state index in [9.17, 15) is 18.0 Å². The second kappa shape index (κ2) is 7.68. The lowest BCUT2D eigenvalue weighted by Crippen LogP contribution is -2.41. The Hall–Kier alpha value is -3.00. The Labute approximate surface area is 178 Å². The Kier molecular flexibility index (Phi) is 5.19. The SMILES string of the molecule is CC(NS(=O)(=O)c1ccc(Cl)cc1)C(=O)Nc1ccc2c(c1)C(=O)c1ccccc1-2. The number of ketones is 1. The zero-order valence-corrected chi connectivity index (χ0v) is 17.4. The van der Waals surface area contributed by atoms with Crippen molar-refractivity contribution < 1.29 is 18.0 Å². The standard InChI is InChI=1S/C22H17ClN2O4S/c1-13(25-30(28,29)16-9-6-14(23)7-10-16)22(27)24-15-8-11-18-17-4-2-3-5-19(17)21(26)20(18)12-15/h2-13,25H,1H3,(H,24,27). The van der Waals surface area contributed by atoms with Crippen molar-refractivity contribution in [1.82, 2.24) is 4.72 Å². The Balaban J connectivity index is 1.49. The highest BCUT2D eigenvalue weighted by Gasteiger charge is 2.27. The second-order valence-corrected chi connectivity index (χ2v) is 9.07. The molecule has 0 aliphatic heterocycles. The zero-order chi connectivity index (χ0) is 21.5. The average Bonchev–Trinajstić information content (AvgIpc) is 3.00. The van der Waals surface area contributed by atoms with Gasteiger partial charge in [-0.3, -0.25) is 9.59 Å². The highest BCUT2D eigenvalue weighted by atomic mass is 35.5. The number of hydrogen-bond donors (Lipinski definition) is 2. The molecular weight excluding hydrogens is 424 g/mol. The predicted molar refractivity (Wildman–Crippen MR) is 115 cm³/mol. The highest BCUT2D eigenvalue weighted by molar-refractivity contribution is 7.89. The first kappa shape index (κ1) is 20.3. The number of nitrogens with one attached hydrogen (secondary N) is 2. The predicted octanol–water partition coefficient (Wildman–Crippen LogP) is 3.86. The topological polar surface area (TPSA) is 92.3 Å². The second-order valence-electron chi connectivity index (χ2n) is 6.92. The monoisotopic (exact) mass is 440 g/mol. The van der Waals surface area contributed by atoms with E-state index in [-0.39, 0.29) is 10.7 Å². The quantitative estimate of drug-likeness (QED) is 0.493. The summed E-state index contributed by atoms with van der Waals surface area (Å²) >= 11 is 5.79. The van der Waals surface area contributed by atoms with Gasteiger partial charge in [-0.05, 0) is 54.4 Å². The number of sulfonamides is 1. The van der Waals surface area contributed by atoms with Crippen molar-refractivity contribution >= 4 is 39.0 Å². The molecule has 0 radical (unpaired) electrons. The Morgan fingerprint density at radius 3 is 2.23 bits per heavy atom. The third-order valence-corrected chi connectivity index (χ3v) is 6.65. The van der Waals surface area contributed by atoms with Crippen LogP contribution in [0.4, 0.5) is 5.69 Å². The summed E-state index contributed by atoms with van der Waals surface area (Å²) in [5, 5.41) is 3.07. The minimum absolute atomic E-state index is 0.00689. The fourth-order valence-corrected chi connectivity index (χ4v) is 4.65. The van der Waals surface area contributed by atoms with Gasteiger partial charge in [-0.25, -0.2) is 8.42 Å². The van der Waals surface area contributed by atoms with Crippen LogP contribution in [-0.4, -0.2) is 26.2 Å². The molecule has 3 aromatic rings. The summed E-state index contributed by atoms with van der Waals surface area (Å²) in [6.07, 6.45) is 0. The lowest BCUT2D eigenvalue weighted by molar-refractivity contribution is -0.117. The molecule has 0 saturated carbocycles. The van der Waals surface area contributed by atoms with E-state index in [0.717, 1.165) is 11.1 Å². The van der Waals surface area contributed by atoms with Gasteiger partial charge in [0.25, 0.3) is 0 Å². The van der Waals surface area contributed by atoms with Crippen LogP contribution in [0.25, 0.3) is 11.1 Å². The maximum Gasteiger partial charge on any atom is 0.242 e. The fraction of sp³-hybridized carbons (Fsp3) is 0.0909. The van der Waals surface area contributed by atoms with Crippen LogP contribution in [0.3, 0.4) is 0 Å². The molecule has 4 rings (SSSR count). The minimum Gasteiger partial charge on any atom is -0.325 e. The third-order valence-electron chi connectivity index (χ3n) is 4.84. The van der Waals surface area contributed by atoms with Gasteiger partial charge in [-0.15, -0.1) is 0 Å². The van der Waals surface area contributed by atoms with Gasteiger partial charge in [0.05, 0.1) is 10.9 Å². The minimum atomic E-state index is -3.89. The van der Waals surface area contributed by atoms with Gasteiger partial charge in [0, 0.05) is 21.8 Å². The molecule has 8 heteroatoms. The molecule has 1 atom stereocenters. The van der Waals surface area contributed by atoms with E-state index in [1.807, 2.05) is 12.1 Å². The van der Waals surface area contributed by atoms with Crippen molar-refractivity contribution in [2.45, 2.75) is 17.9 Å². The number of amides is 1. The van der Waals surface area contributed by atoms with Gasteiger partial charge in [-0.1, -0.05) is 41.9 Å². The first-order chi connectivity index (χ1) is 14.3. The van der Waals surface area contributed by atoms with E-state index in [4.69, 9.17) is 11.6 Å². The number of fused-ring (bicyclic) bond motifs is 3. The number of benzene rings is 3. The number of carbonyl (C=O) groups excluding carboxylic acids is 2. The van der Waals surface area contributed by atoms with E-state index in [1.54, 1.807) is 30.3 Å². The first-order valence-corrected chi connectivity index (χ1v) is 11.0. The number of hydrogen-bond acceptors (Lipinski definition) is 4. The van der Waals surface area contributed by atoms with E-state index >= 15 is 0 Å². The molecule has 0 spiro atoms.